The zero-order valence-corrected chi connectivity index (χ0v) is 14.1. The summed E-state index contributed by atoms with van der Waals surface area (Å²) in [5.41, 5.74) is 4.36. The van der Waals surface area contributed by atoms with E-state index in [9.17, 15) is 9.59 Å². The fourth-order valence-corrected chi connectivity index (χ4v) is 2.53. The lowest BCUT2D eigenvalue weighted by Crippen LogP contribution is -2.27. The third-order valence-electron chi connectivity index (χ3n) is 3.83. The molecule has 6 heteroatoms. The van der Waals surface area contributed by atoms with E-state index in [2.05, 4.69) is 15.5 Å². The lowest BCUT2D eigenvalue weighted by Gasteiger charge is -2.10. The Morgan fingerprint density at radius 3 is 2.72 bits per heavy atom. The van der Waals surface area contributed by atoms with Gasteiger partial charge in [-0.2, -0.15) is 5.10 Å². The van der Waals surface area contributed by atoms with Crippen LogP contribution in [0.25, 0.3) is 11.0 Å². The number of hydrogen-bond acceptors (Lipinski definition) is 4. The molecule has 1 amide bonds. The van der Waals surface area contributed by atoms with Crippen molar-refractivity contribution in [1.82, 2.24) is 15.0 Å². The highest BCUT2D eigenvalue weighted by molar-refractivity contribution is 5.97. The Morgan fingerprint density at radius 2 is 2.00 bits per heavy atom. The summed E-state index contributed by atoms with van der Waals surface area (Å²) in [4.78, 5) is 29.4. The normalized spacial score (nSPS) is 11.1. The van der Waals surface area contributed by atoms with Gasteiger partial charge in [0, 0.05) is 18.4 Å². The smallest absolute Gasteiger partial charge is 0.276 e. The number of rotatable bonds is 4. The fourth-order valence-electron chi connectivity index (χ4n) is 2.53. The third kappa shape index (κ3) is 3.47. The van der Waals surface area contributed by atoms with Gasteiger partial charge in [0.25, 0.3) is 5.91 Å². The second-order valence-corrected chi connectivity index (χ2v) is 5.59. The number of amides is 1. The quantitative estimate of drug-likeness (QED) is 0.588. The number of nitrogens with zero attached hydrogens (tertiary/aromatic N) is 3. The van der Waals surface area contributed by atoms with Crippen LogP contribution in [-0.4, -0.2) is 21.7 Å². The van der Waals surface area contributed by atoms with Gasteiger partial charge >= 0.3 is 0 Å². The first-order valence-electron chi connectivity index (χ1n) is 7.99. The topological polar surface area (TPSA) is 76.3 Å². The van der Waals surface area contributed by atoms with E-state index >= 15 is 0 Å². The number of aromatic nitrogens is 2. The number of aryl methyl sites for hydroxylation is 2. The molecule has 1 aromatic carbocycles. The highest BCUT2D eigenvalue weighted by atomic mass is 16.2. The number of fused-ring (bicyclic) bond motifs is 1. The standard InChI is InChI=1S/C19H18N4O2/c1-3-23-12-16(17(24)15-10-9-13(2)21-18(15)23)19(25)22-20-11-14-7-5-4-6-8-14/h4-12H,3H2,1-2H3,(H,22,25)/b20-11+. The molecule has 1 N–H and O–H groups in total. The van der Waals surface area contributed by atoms with Crippen LogP contribution in [0.4, 0.5) is 0 Å². The molecular formula is C19H18N4O2. The van der Waals surface area contributed by atoms with Crippen molar-refractivity contribution < 1.29 is 4.79 Å². The van der Waals surface area contributed by atoms with E-state index in [1.54, 1.807) is 16.7 Å². The second kappa shape index (κ2) is 7.09. The van der Waals surface area contributed by atoms with Gasteiger partial charge in [-0.15, -0.1) is 0 Å². The maximum atomic E-state index is 12.6. The maximum Gasteiger partial charge on any atom is 0.276 e. The molecule has 0 aliphatic rings. The van der Waals surface area contributed by atoms with Crippen LogP contribution in [0.1, 0.15) is 28.5 Å². The Kier molecular flexibility index (Phi) is 4.70. The van der Waals surface area contributed by atoms with Crippen LogP contribution in [0.3, 0.4) is 0 Å². The summed E-state index contributed by atoms with van der Waals surface area (Å²) >= 11 is 0. The lowest BCUT2D eigenvalue weighted by atomic mass is 10.1. The van der Waals surface area contributed by atoms with Gasteiger partial charge in [-0.05, 0) is 31.5 Å². The van der Waals surface area contributed by atoms with Crippen LogP contribution >= 0.6 is 0 Å². The number of benzene rings is 1. The number of hydrazone groups is 1. The zero-order valence-electron chi connectivity index (χ0n) is 14.1. The molecule has 3 aromatic rings. The van der Waals surface area contributed by atoms with E-state index in [0.29, 0.717) is 17.6 Å². The Bertz CT molecular complexity index is 1010. The summed E-state index contributed by atoms with van der Waals surface area (Å²) in [5, 5.41) is 4.34. The van der Waals surface area contributed by atoms with Crippen LogP contribution in [0.15, 0.2) is 58.6 Å². The SMILES string of the molecule is CCn1cc(C(=O)N/N=C/c2ccccc2)c(=O)c2ccc(C)nc21. The van der Waals surface area contributed by atoms with Crippen molar-refractivity contribution in [2.24, 2.45) is 5.10 Å². The third-order valence-corrected chi connectivity index (χ3v) is 3.83. The van der Waals surface area contributed by atoms with Crippen LogP contribution in [0.5, 0.6) is 0 Å². The molecule has 0 fully saturated rings. The second-order valence-electron chi connectivity index (χ2n) is 5.59. The number of pyridine rings is 2. The molecule has 0 bridgehead atoms. The van der Waals surface area contributed by atoms with E-state index in [4.69, 9.17) is 0 Å². The van der Waals surface area contributed by atoms with Gasteiger partial charge in [-0.25, -0.2) is 10.4 Å². The van der Waals surface area contributed by atoms with Crippen LogP contribution in [0.2, 0.25) is 0 Å². The van der Waals surface area contributed by atoms with Gasteiger partial charge in [0.2, 0.25) is 5.43 Å². The molecular weight excluding hydrogens is 316 g/mol. The van der Waals surface area contributed by atoms with Crippen molar-refractivity contribution in [2.45, 2.75) is 20.4 Å². The molecule has 0 radical (unpaired) electrons. The van der Waals surface area contributed by atoms with E-state index < -0.39 is 5.91 Å². The molecule has 126 valence electrons. The Morgan fingerprint density at radius 1 is 1.24 bits per heavy atom. The minimum Gasteiger partial charge on any atom is -0.332 e. The number of carbonyl (C=O) groups is 1. The van der Waals surface area contributed by atoms with Gasteiger partial charge < -0.3 is 4.57 Å². The summed E-state index contributed by atoms with van der Waals surface area (Å²) in [6.45, 7) is 4.40. The summed E-state index contributed by atoms with van der Waals surface area (Å²) in [5.74, 6) is -0.540. The minimum absolute atomic E-state index is 0.0465. The van der Waals surface area contributed by atoms with Gasteiger partial charge in [-0.3, -0.25) is 9.59 Å². The Balaban J connectivity index is 1.94. The molecule has 0 saturated heterocycles. The van der Waals surface area contributed by atoms with E-state index in [1.165, 1.54) is 12.4 Å². The zero-order chi connectivity index (χ0) is 17.8. The van der Waals surface area contributed by atoms with Gasteiger partial charge in [0.1, 0.15) is 11.2 Å². The first kappa shape index (κ1) is 16.6. The first-order chi connectivity index (χ1) is 12.1. The predicted molar refractivity (Wildman–Crippen MR) is 97.9 cm³/mol. The van der Waals surface area contributed by atoms with E-state index in [1.807, 2.05) is 44.2 Å². The van der Waals surface area contributed by atoms with Gasteiger partial charge in [0.15, 0.2) is 0 Å². The average Bonchev–Trinajstić information content (AvgIpc) is 2.62. The van der Waals surface area contributed by atoms with Crippen molar-refractivity contribution in [3.05, 3.63) is 75.7 Å². The molecule has 0 unspecified atom stereocenters. The molecule has 6 nitrogen and oxygen atoms in total. The number of carbonyl (C=O) groups excluding carboxylic acids is 1. The van der Waals surface area contributed by atoms with Crippen LogP contribution < -0.4 is 10.9 Å². The Hall–Kier alpha value is -3.28. The molecule has 3 rings (SSSR count). The molecule has 0 aliphatic heterocycles. The minimum atomic E-state index is -0.540. The van der Waals surface area contributed by atoms with Crippen molar-refractivity contribution in [3.63, 3.8) is 0 Å². The van der Waals surface area contributed by atoms with Gasteiger partial charge in [-0.1, -0.05) is 30.3 Å². The molecule has 2 aromatic heterocycles. The van der Waals surface area contributed by atoms with Crippen LogP contribution in [-0.2, 0) is 6.54 Å². The number of nitrogens with one attached hydrogen (secondary N) is 1. The molecule has 0 spiro atoms. The molecule has 0 atom stereocenters. The lowest BCUT2D eigenvalue weighted by molar-refractivity contribution is 0.0953. The van der Waals surface area contributed by atoms with Crippen molar-refractivity contribution >= 4 is 23.2 Å². The predicted octanol–water partition coefficient (Wildman–Crippen LogP) is 2.49. The highest BCUT2D eigenvalue weighted by Crippen LogP contribution is 2.11. The molecule has 0 saturated carbocycles. The highest BCUT2D eigenvalue weighted by Gasteiger charge is 2.15. The summed E-state index contributed by atoms with van der Waals surface area (Å²) in [7, 11) is 0. The van der Waals surface area contributed by atoms with Gasteiger partial charge in [0.05, 0.1) is 11.6 Å². The maximum absolute atomic E-state index is 12.6. The summed E-state index contributed by atoms with van der Waals surface area (Å²) in [6, 6.07) is 12.8. The molecule has 0 aliphatic carbocycles. The summed E-state index contributed by atoms with van der Waals surface area (Å²) in [6.07, 6.45) is 3.06. The van der Waals surface area contributed by atoms with E-state index in [0.717, 1.165) is 11.3 Å². The monoisotopic (exact) mass is 334 g/mol. The van der Waals surface area contributed by atoms with Crippen molar-refractivity contribution in [3.8, 4) is 0 Å². The first-order valence-corrected chi connectivity index (χ1v) is 7.99. The molecule has 2 heterocycles. The Labute approximate surface area is 144 Å². The number of hydrogen-bond donors (Lipinski definition) is 1. The van der Waals surface area contributed by atoms with Crippen molar-refractivity contribution in [1.29, 1.82) is 0 Å². The molecule has 25 heavy (non-hydrogen) atoms. The van der Waals surface area contributed by atoms with Crippen molar-refractivity contribution in [2.75, 3.05) is 0 Å². The average molecular weight is 334 g/mol. The van der Waals surface area contributed by atoms with E-state index in [-0.39, 0.29) is 11.0 Å². The fraction of sp³-hybridized carbons (Fsp3) is 0.158. The van der Waals surface area contributed by atoms with Crippen LogP contribution in [0, 0.1) is 6.92 Å². The largest absolute Gasteiger partial charge is 0.332 e. The summed E-state index contributed by atoms with van der Waals surface area (Å²) < 4.78 is 1.79.